The molecule has 0 aromatic rings. The summed E-state index contributed by atoms with van der Waals surface area (Å²) in [5.74, 6) is 0.853. The molecule has 0 aromatic carbocycles. The van der Waals surface area contributed by atoms with Crippen molar-refractivity contribution in [2.75, 3.05) is 73.8 Å². The Labute approximate surface area is 170 Å². The van der Waals surface area contributed by atoms with E-state index in [0.29, 0.717) is 6.10 Å². The molecule has 7 nitrogen and oxygen atoms in total. The Bertz CT molecular complexity index is 329. The number of likely N-dealkylation sites (N-methyl/N-ethyl adjacent to an activating group) is 1. The summed E-state index contributed by atoms with van der Waals surface area (Å²) in [6.45, 7) is 7.04. The van der Waals surface area contributed by atoms with Gasteiger partial charge in [0.25, 0.3) is 0 Å². The molecule has 0 unspecified atom stereocenters. The van der Waals surface area contributed by atoms with Crippen molar-refractivity contribution in [2.24, 2.45) is 4.99 Å². The quantitative estimate of drug-likeness (QED) is 0.193. The summed E-state index contributed by atoms with van der Waals surface area (Å²) in [6.07, 6.45) is 4.47. The van der Waals surface area contributed by atoms with Crippen LogP contribution in [0, 0.1) is 0 Å². The first-order valence-corrected chi connectivity index (χ1v) is 9.07. The maximum atomic E-state index is 5.86. The first kappa shape index (κ1) is 24.8. The van der Waals surface area contributed by atoms with Crippen molar-refractivity contribution in [1.29, 1.82) is 0 Å². The molecule has 25 heavy (non-hydrogen) atoms. The highest BCUT2D eigenvalue weighted by Gasteiger charge is 2.13. The standard InChI is InChI=1S/C17H36N4O3.HI/c1-18-17(20-9-11-21(2)10-5-12-22-3)19-8-4-13-24-16-6-14-23-15-7-16;/h16H,4-15H2,1-3H3,(H2,18,19,20);1H. The van der Waals surface area contributed by atoms with Gasteiger partial charge in [-0.1, -0.05) is 0 Å². The molecule has 0 saturated carbocycles. The van der Waals surface area contributed by atoms with Gasteiger partial charge in [0.2, 0.25) is 0 Å². The van der Waals surface area contributed by atoms with Gasteiger partial charge in [-0.25, -0.2) is 0 Å². The lowest BCUT2D eigenvalue weighted by atomic mass is 10.1. The van der Waals surface area contributed by atoms with Crippen LogP contribution in [0.15, 0.2) is 4.99 Å². The van der Waals surface area contributed by atoms with Crippen LogP contribution in [-0.4, -0.2) is 90.8 Å². The van der Waals surface area contributed by atoms with Gasteiger partial charge in [-0.15, -0.1) is 24.0 Å². The summed E-state index contributed by atoms with van der Waals surface area (Å²) in [4.78, 5) is 6.54. The summed E-state index contributed by atoms with van der Waals surface area (Å²) < 4.78 is 16.3. The fourth-order valence-corrected chi connectivity index (χ4v) is 2.55. The highest BCUT2D eigenvalue weighted by atomic mass is 127. The maximum Gasteiger partial charge on any atom is 0.191 e. The number of methoxy groups -OCH3 is 1. The molecule has 1 aliphatic rings. The topological polar surface area (TPSA) is 67.4 Å². The SMILES string of the molecule is CN=C(NCCCOC1CCOCC1)NCCN(C)CCCOC.I. The number of guanidine groups is 1. The van der Waals surface area contributed by atoms with Gasteiger partial charge in [0.05, 0.1) is 6.10 Å². The number of aliphatic imine (C=N–C) groups is 1. The molecule has 0 atom stereocenters. The summed E-state index contributed by atoms with van der Waals surface area (Å²) in [5.41, 5.74) is 0. The predicted octanol–water partition coefficient (Wildman–Crippen LogP) is 1.32. The Balaban J connectivity index is 0.00000576. The third kappa shape index (κ3) is 13.7. The van der Waals surface area contributed by atoms with Gasteiger partial charge in [0, 0.05) is 66.8 Å². The normalized spacial score (nSPS) is 15.9. The second-order valence-corrected chi connectivity index (χ2v) is 6.11. The lowest BCUT2D eigenvalue weighted by molar-refractivity contribution is -0.0320. The van der Waals surface area contributed by atoms with Crippen molar-refractivity contribution in [3.63, 3.8) is 0 Å². The van der Waals surface area contributed by atoms with Crippen molar-refractivity contribution in [3.05, 3.63) is 0 Å². The number of hydrogen-bond donors (Lipinski definition) is 2. The van der Waals surface area contributed by atoms with Gasteiger partial charge in [-0.3, -0.25) is 4.99 Å². The minimum Gasteiger partial charge on any atom is -0.385 e. The maximum absolute atomic E-state index is 5.86. The van der Waals surface area contributed by atoms with Gasteiger partial charge in [0.1, 0.15) is 0 Å². The van der Waals surface area contributed by atoms with E-state index < -0.39 is 0 Å². The molecule has 1 heterocycles. The molecule has 0 spiro atoms. The van der Waals surface area contributed by atoms with Crippen molar-refractivity contribution < 1.29 is 14.2 Å². The second kappa shape index (κ2) is 17.3. The fourth-order valence-electron chi connectivity index (χ4n) is 2.55. The van der Waals surface area contributed by atoms with E-state index in [1.54, 1.807) is 14.2 Å². The number of nitrogens with one attached hydrogen (secondary N) is 2. The molecule has 1 fully saturated rings. The molecule has 1 aliphatic heterocycles. The third-order valence-electron chi connectivity index (χ3n) is 4.03. The van der Waals surface area contributed by atoms with E-state index in [0.717, 1.165) is 84.2 Å². The summed E-state index contributed by atoms with van der Waals surface area (Å²) in [5, 5.41) is 6.67. The van der Waals surface area contributed by atoms with Crippen LogP contribution in [0.4, 0.5) is 0 Å². The van der Waals surface area contributed by atoms with E-state index in [9.17, 15) is 0 Å². The van der Waals surface area contributed by atoms with E-state index in [4.69, 9.17) is 14.2 Å². The molecule has 0 aromatic heterocycles. The Morgan fingerprint density at radius 2 is 1.84 bits per heavy atom. The summed E-state index contributed by atoms with van der Waals surface area (Å²) in [6, 6.07) is 0. The van der Waals surface area contributed by atoms with E-state index in [-0.39, 0.29) is 24.0 Å². The molecule has 2 N–H and O–H groups in total. The zero-order valence-corrected chi connectivity index (χ0v) is 18.4. The zero-order chi connectivity index (χ0) is 17.5. The fraction of sp³-hybridized carbons (Fsp3) is 0.941. The highest BCUT2D eigenvalue weighted by Crippen LogP contribution is 2.10. The van der Waals surface area contributed by atoms with Crippen molar-refractivity contribution in [3.8, 4) is 0 Å². The minimum absolute atomic E-state index is 0. The van der Waals surface area contributed by atoms with E-state index in [1.165, 1.54) is 0 Å². The molecular weight excluding hydrogens is 435 g/mol. The number of halogens is 1. The van der Waals surface area contributed by atoms with Crippen LogP contribution < -0.4 is 10.6 Å². The molecule has 0 bridgehead atoms. The molecule has 8 heteroatoms. The van der Waals surface area contributed by atoms with Crippen LogP contribution in [0.5, 0.6) is 0 Å². The predicted molar refractivity (Wildman–Crippen MR) is 113 cm³/mol. The van der Waals surface area contributed by atoms with Crippen LogP contribution in [0.25, 0.3) is 0 Å². The van der Waals surface area contributed by atoms with Gasteiger partial charge in [-0.2, -0.15) is 0 Å². The minimum atomic E-state index is 0. The Morgan fingerprint density at radius 1 is 1.12 bits per heavy atom. The monoisotopic (exact) mass is 472 g/mol. The van der Waals surface area contributed by atoms with Crippen LogP contribution in [0.2, 0.25) is 0 Å². The Morgan fingerprint density at radius 3 is 2.52 bits per heavy atom. The van der Waals surface area contributed by atoms with Crippen molar-refractivity contribution in [2.45, 2.75) is 31.8 Å². The number of nitrogens with zero attached hydrogens (tertiary/aromatic N) is 2. The highest BCUT2D eigenvalue weighted by molar-refractivity contribution is 14.0. The van der Waals surface area contributed by atoms with E-state index in [2.05, 4.69) is 27.6 Å². The molecular formula is C17H37IN4O3. The van der Waals surface area contributed by atoms with Gasteiger partial charge >= 0.3 is 0 Å². The molecule has 0 amide bonds. The number of rotatable bonds is 12. The van der Waals surface area contributed by atoms with E-state index >= 15 is 0 Å². The summed E-state index contributed by atoms with van der Waals surface area (Å²) >= 11 is 0. The number of ether oxygens (including phenoxy) is 3. The smallest absolute Gasteiger partial charge is 0.191 e. The molecule has 0 radical (unpaired) electrons. The Kier molecular flexibility index (Phi) is 17.2. The first-order chi connectivity index (χ1) is 11.8. The Hall–Kier alpha value is -0.160. The van der Waals surface area contributed by atoms with Crippen LogP contribution in [-0.2, 0) is 14.2 Å². The summed E-state index contributed by atoms with van der Waals surface area (Å²) in [7, 11) is 5.67. The van der Waals surface area contributed by atoms with Crippen LogP contribution in [0.1, 0.15) is 25.7 Å². The second-order valence-electron chi connectivity index (χ2n) is 6.11. The molecule has 1 rings (SSSR count). The first-order valence-electron chi connectivity index (χ1n) is 9.07. The molecule has 0 aliphatic carbocycles. The zero-order valence-electron chi connectivity index (χ0n) is 16.1. The molecule has 1 saturated heterocycles. The van der Waals surface area contributed by atoms with Crippen LogP contribution in [0.3, 0.4) is 0 Å². The average molecular weight is 472 g/mol. The van der Waals surface area contributed by atoms with Crippen molar-refractivity contribution in [1.82, 2.24) is 15.5 Å². The third-order valence-corrected chi connectivity index (χ3v) is 4.03. The van der Waals surface area contributed by atoms with E-state index in [1.807, 2.05) is 0 Å². The largest absolute Gasteiger partial charge is 0.385 e. The van der Waals surface area contributed by atoms with Gasteiger partial charge < -0.3 is 29.7 Å². The number of hydrogen-bond acceptors (Lipinski definition) is 5. The van der Waals surface area contributed by atoms with Crippen LogP contribution >= 0.6 is 24.0 Å². The molecule has 150 valence electrons. The van der Waals surface area contributed by atoms with Gasteiger partial charge in [0.15, 0.2) is 5.96 Å². The average Bonchev–Trinajstić information content (AvgIpc) is 2.61. The van der Waals surface area contributed by atoms with Crippen molar-refractivity contribution >= 4 is 29.9 Å². The lowest BCUT2D eigenvalue weighted by Gasteiger charge is -2.22. The lowest BCUT2D eigenvalue weighted by Crippen LogP contribution is -2.41. The van der Waals surface area contributed by atoms with Gasteiger partial charge in [-0.05, 0) is 32.7 Å².